The molecule has 2 rings (SSSR count). The van der Waals surface area contributed by atoms with Crippen LogP contribution in [0.15, 0.2) is 52.0 Å². The van der Waals surface area contributed by atoms with Gasteiger partial charge in [-0.1, -0.05) is 12.1 Å². The monoisotopic (exact) mass is 279 g/mol. The number of furan rings is 1. The molecule has 0 saturated carbocycles. The van der Waals surface area contributed by atoms with Crippen molar-refractivity contribution in [3.8, 4) is 0 Å². The summed E-state index contributed by atoms with van der Waals surface area (Å²) < 4.78 is 31.2. The Morgan fingerprint density at radius 2 is 2.00 bits per heavy atom. The highest BCUT2D eigenvalue weighted by atomic mass is 32.2. The third-order valence-electron chi connectivity index (χ3n) is 2.95. The minimum absolute atomic E-state index is 0.328. The van der Waals surface area contributed by atoms with Gasteiger partial charge in [-0.3, -0.25) is 0 Å². The van der Waals surface area contributed by atoms with Gasteiger partial charge in [0.15, 0.2) is 0 Å². The van der Waals surface area contributed by atoms with Crippen LogP contribution in [-0.4, -0.2) is 26.3 Å². The number of likely N-dealkylation sites (N-methyl/N-ethyl adjacent to an activating group) is 1. The Morgan fingerprint density at radius 1 is 1.21 bits per heavy atom. The van der Waals surface area contributed by atoms with Gasteiger partial charge in [0.2, 0.25) is 10.0 Å². The van der Waals surface area contributed by atoms with Crippen LogP contribution in [0, 0.1) is 6.92 Å². The van der Waals surface area contributed by atoms with Crippen molar-refractivity contribution in [3.05, 3.63) is 54.0 Å². The van der Waals surface area contributed by atoms with Crippen LogP contribution >= 0.6 is 0 Å². The lowest BCUT2D eigenvalue weighted by Crippen LogP contribution is -2.29. The topological polar surface area (TPSA) is 50.5 Å². The largest absolute Gasteiger partial charge is 0.469 e. The van der Waals surface area contributed by atoms with Gasteiger partial charge in [-0.2, -0.15) is 0 Å². The van der Waals surface area contributed by atoms with Crippen LogP contribution in [0.3, 0.4) is 0 Å². The molecule has 0 bridgehead atoms. The predicted octanol–water partition coefficient (Wildman–Crippen LogP) is 2.45. The van der Waals surface area contributed by atoms with E-state index in [4.69, 9.17) is 4.42 Å². The van der Waals surface area contributed by atoms with Gasteiger partial charge in [-0.05, 0) is 36.8 Å². The second kappa shape index (κ2) is 5.59. The molecule has 4 nitrogen and oxygen atoms in total. The van der Waals surface area contributed by atoms with Crippen molar-refractivity contribution in [1.82, 2.24) is 4.31 Å². The van der Waals surface area contributed by atoms with Gasteiger partial charge in [0.25, 0.3) is 0 Å². The summed E-state index contributed by atoms with van der Waals surface area (Å²) in [5.74, 6) is 0.784. The Bertz CT molecular complexity index is 632. The minimum atomic E-state index is -3.42. The van der Waals surface area contributed by atoms with Crippen molar-refractivity contribution in [1.29, 1.82) is 0 Å². The maximum atomic E-state index is 12.3. The molecule has 0 radical (unpaired) electrons. The molecular formula is C14H17NO3S. The number of hydrogen-bond donors (Lipinski definition) is 0. The lowest BCUT2D eigenvalue weighted by molar-refractivity contribution is 0.441. The maximum absolute atomic E-state index is 12.3. The lowest BCUT2D eigenvalue weighted by atomic mass is 10.2. The Morgan fingerprint density at radius 3 is 2.63 bits per heavy atom. The first-order valence-corrected chi connectivity index (χ1v) is 7.49. The molecule has 19 heavy (non-hydrogen) atoms. The van der Waals surface area contributed by atoms with Crippen LogP contribution in [-0.2, 0) is 16.4 Å². The second-order valence-corrected chi connectivity index (χ2v) is 6.52. The van der Waals surface area contributed by atoms with Crippen molar-refractivity contribution >= 4 is 10.0 Å². The fourth-order valence-electron chi connectivity index (χ4n) is 1.80. The summed E-state index contributed by atoms with van der Waals surface area (Å²) in [6.45, 7) is 2.27. The maximum Gasteiger partial charge on any atom is 0.242 e. The molecule has 0 aliphatic heterocycles. The Balaban J connectivity index is 2.11. The fourth-order valence-corrected chi connectivity index (χ4v) is 3.08. The summed E-state index contributed by atoms with van der Waals surface area (Å²) in [5.41, 5.74) is 0.931. The van der Waals surface area contributed by atoms with E-state index >= 15 is 0 Å². The molecular weight excluding hydrogens is 262 g/mol. The van der Waals surface area contributed by atoms with Gasteiger partial charge < -0.3 is 4.42 Å². The Hall–Kier alpha value is -1.59. The molecule has 0 aliphatic carbocycles. The zero-order chi connectivity index (χ0) is 13.9. The van der Waals surface area contributed by atoms with Crippen molar-refractivity contribution in [3.63, 3.8) is 0 Å². The lowest BCUT2D eigenvalue weighted by Gasteiger charge is -2.16. The molecule has 102 valence electrons. The molecule has 0 fully saturated rings. The predicted molar refractivity (Wildman–Crippen MR) is 73.4 cm³/mol. The smallest absolute Gasteiger partial charge is 0.242 e. The molecule has 0 saturated heterocycles. The summed E-state index contributed by atoms with van der Waals surface area (Å²) in [6.07, 6.45) is 2.15. The quantitative estimate of drug-likeness (QED) is 0.844. The van der Waals surface area contributed by atoms with Gasteiger partial charge in [-0.25, -0.2) is 12.7 Å². The van der Waals surface area contributed by atoms with E-state index in [-0.39, 0.29) is 0 Å². The molecule has 5 heteroatoms. The zero-order valence-electron chi connectivity index (χ0n) is 11.0. The van der Waals surface area contributed by atoms with E-state index in [1.807, 2.05) is 19.1 Å². The SMILES string of the molecule is Cc1cccc(S(=O)(=O)N(C)CCc2ccco2)c1. The van der Waals surface area contributed by atoms with Crippen molar-refractivity contribution < 1.29 is 12.8 Å². The highest BCUT2D eigenvalue weighted by Crippen LogP contribution is 2.16. The third-order valence-corrected chi connectivity index (χ3v) is 4.80. The summed E-state index contributed by atoms with van der Waals surface area (Å²) in [6, 6.07) is 10.6. The van der Waals surface area contributed by atoms with E-state index in [0.717, 1.165) is 11.3 Å². The molecule has 0 amide bonds. The molecule has 0 N–H and O–H groups in total. The van der Waals surface area contributed by atoms with E-state index in [1.165, 1.54) is 4.31 Å². The highest BCUT2D eigenvalue weighted by Gasteiger charge is 2.20. The van der Waals surface area contributed by atoms with Crippen LogP contribution < -0.4 is 0 Å². The molecule has 1 aromatic carbocycles. The van der Waals surface area contributed by atoms with Crippen molar-refractivity contribution in [2.45, 2.75) is 18.2 Å². The first-order chi connectivity index (χ1) is 9.00. The number of rotatable bonds is 5. The summed E-state index contributed by atoms with van der Waals surface area (Å²) in [5, 5.41) is 0. The average molecular weight is 279 g/mol. The summed E-state index contributed by atoms with van der Waals surface area (Å²) in [7, 11) is -1.84. The van der Waals surface area contributed by atoms with Gasteiger partial charge >= 0.3 is 0 Å². The van der Waals surface area contributed by atoms with Crippen molar-refractivity contribution in [2.24, 2.45) is 0 Å². The normalized spacial score (nSPS) is 11.9. The number of aryl methyl sites for hydroxylation is 1. The Labute approximate surface area is 113 Å². The molecule has 0 spiro atoms. The van der Waals surface area contributed by atoms with Gasteiger partial charge in [0.1, 0.15) is 5.76 Å². The molecule has 1 aromatic heterocycles. The number of sulfonamides is 1. The van der Waals surface area contributed by atoms with Crippen LogP contribution in [0.4, 0.5) is 0 Å². The van der Waals surface area contributed by atoms with Crippen LogP contribution in [0.2, 0.25) is 0 Å². The third kappa shape index (κ3) is 3.24. The van der Waals surface area contributed by atoms with Crippen molar-refractivity contribution in [2.75, 3.05) is 13.6 Å². The molecule has 0 aliphatic rings. The molecule has 0 atom stereocenters. The fraction of sp³-hybridized carbons (Fsp3) is 0.286. The summed E-state index contributed by atoms with van der Waals surface area (Å²) >= 11 is 0. The van der Waals surface area contributed by atoms with E-state index in [0.29, 0.717) is 17.9 Å². The average Bonchev–Trinajstić information content (AvgIpc) is 2.89. The van der Waals surface area contributed by atoms with E-state index in [1.54, 1.807) is 37.6 Å². The molecule has 2 aromatic rings. The van der Waals surface area contributed by atoms with E-state index < -0.39 is 10.0 Å². The van der Waals surface area contributed by atoms with E-state index in [9.17, 15) is 8.42 Å². The first kappa shape index (κ1) is 13.8. The number of nitrogens with zero attached hydrogens (tertiary/aromatic N) is 1. The molecule has 1 heterocycles. The second-order valence-electron chi connectivity index (χ2n) is 4.47. The summed E-state index contributed by atoms with van der Waals surface area (Å²) in [4.78, 5) is 0.328. The molecule has 0 unspecified atom stereocenters. The standard InChI is InChI=1S/C14H17NO3S/c1-12-5-3-7-14(11-12)19(16,17)15(2)9-8-13-6-4-10-18-13/h3-7,10-11H,8-9H2,1-2H3. The van der Waals surface area contributed by atoms with Crippen LogP contribution in [0.5, 0.6) is 0 Å². The van der Waals surface area contributed by atoms with Gasteiger partial charge in [-0.15, -0.1) is 0 Å². The van der Waals surface area contributed by atoms with Crippen LogP contribution in [0.1, 0.15) is 11.3 Å². The van der Waals surface area contributed by atoms with Gasteiger partial charge in [0, 0.05) is 20.0 Å². The Kier molecular flexibility index (Phi) is 4.07. The highest BCUT2D eigenvalue weighted by molar-refractivity contribution is 7.89. The number of hydrogen-bond acceptors (Lipinski definition) is 3. The van der Waals surface area contributed by atoms with Gasteiger partial charge in [0.05, 0.1) is 11.2 Å². The first-order valence-electron chi connectivity index (χ1n) is 6.05. The zero-order valence-corrected chi connectivity index (χ0v) is 11.9. The van der Waals surface area contributed by atoms with Crippen LogP contribution in [0.25, 0.3) is 0 Å². The van der Waals surface area contributed by atoms with E-state index in [2.05, 4.69) is 0 Å². The minimum Gasteiger partial charge on any atom is -0.469 e. The number of benzene rings is 1.